The number of benzene rings is 1. The lowest BCUT2D eigenvalue weighted by molar-refractivity contribution is 0.538. The molecule has 102 valence electrons. The number of rotatable bonds is 3. The Balaban J connectivity index is 0.00000133. The average molecular weight is 371 g/mol. The molecule has 1 aliphatic carbocycles. The topological polar surface area (TPSA) is 49.6 Å². The van der Waals surface area contributed by atoms with Gasteiger partial charge in [0.1, 0.15) is 11.3 Å². The zero-order valence-corrected chi connectivity index (χ0v) is 13.2. The number of halogens is 1. The summed E-state index contributed by atoms with van der Waals surface area (Å²) in [4.78, 5) is 4.19. The second-order valence-electron chi connectivity index (χ2n) is 4.59. The maximum absolute atomic E-state index is 5.74. The average Bonchev–Trinajstić information content (AvgIpc) is 3.11. The van der Waals surface area contributed by atoms with Gasteiger partial charge in [0.25, 0.3) is 0 Å². The third-order valence-electron chi connectivity index (χ3n) is 3.05. The van der Waals surface area contributed by atoms with E-state index in [4.69, 9.17) is 4.42 Å². The van der Waals surface area contributed by atoms with Gasteiger partial charge in [-0.3, -0.25) is 4.99 Å². The van der Waals surface area contributed by atoms with E-state index in [2.05, 4.69) is 27.8 Å². The molecule has 1 fully saturated rings. The molecule has 1 aromatic carbocycles. The Bertz CT molecular complexity index is 542. The van der Waals surface area contributed by atoms with E-state index in [0.29, 0.717) is 12.6 Å². The molecule has 1 aromatic heterocycles. The molecule has 0 atom stereocenters. The van der Waals surface area contributed by atoms with Gasteiger partial charge in [-0.2, -0.15) is 0 Å². The van der Waals surface area contributed by atoms with Crippen molar-refractivity contribution in [2.24, 2.45) is 4.99 Å². The summed E-state index contributed by atoms with van der Waals surface area (Å²) in [6.07, 6.45) is 2.48. The molecule has 2 aromatic rings. The summed E-state index contributed by atoms with van der Waals surface area (Å²) in [5.74, 6) is 1.77. The fourth-order valence-corrected chi connectivity index (χ4v) is 1.91. The predicted molar refractivity (Wildman–Crippen MR) is 88.0 cm³/mol. The lowest BCUT2D eigenvalue weighted by Crippen LogP contribution is -2.37. The van der Waals surface area contributed by atoms with Crippen molar-refractivity contribution in [3.8, 4) is 0 Å². The number of fused-ring (bicyclic) bond motifs is 1. The summed E-state index contributed by atoms with van der Waals surface area (Å²) in [6.45, 7) is 0.654. The van der Waals surface area contributed by atoms with Crippen molar-refractivity contribution >= 4 is 40.9 Å². The van der Waals surface area contributed by atoms with Crippen LogP contribution in [0.2, 0.25) is 0 Å². The largest absolute Gasteiger partial charge is 0.459 e. The maximum Gasteiger partial charge on any atom is 0.191 e. The summed E-state index contributed by atoms with van der Waals surface area (Å²) >= 11 is 0. The van der Waals surface area contributed by atoms with Gasteiger partial charge in [-0.15, -0.1) is 24.0 Å². The van der Waals surface area contributed by atoms with Crippen LogP contribution in [0.3, 0.4) is 0 Å². The standard InChI is InChI=1S/C14H17N3O.HI/c1-15-14(17-11-6-7-11)16-9-12-8-10-4-2-3-5-13(10)18-12;/h2-5,8,11H,6-7,9H2,1H3,(H2,15,16,17);1H. The van der Waals surface area contributed by atoms with Crippen LogP contribution in [-0.2, 0) is 6.54 Å². The van der Waals surface area contributed by atoms with E-state index in [1.165, 1.54) is 12.8 Å². The van der Waals surface area contributed by atoms with Gasteiger partial charge in [-0.05, 0) is 25.0 Å². The van der Waals surface area contributed by atoms with E-state index in [0.717, 1.165) is 22.7 Å². The van der Waals surface area contributed by atoms with Gasteiger partial charge in [0.2, 0.25) is 0 Å². The van der Waals surface area contributed by atoms with Crippen LogP contribution in [0.15, 0.2) is 39.7 Å². The number of aliphatic imine (C=N–C) groups is 1. The molecule has 2 N–H and O–H groups in total. The third kappa shape index (κ3) is 3.62. The highest BCUT2D eigenvalue weighted by molar-refractivity contribution is 14.0. The Kier molecular flexibility index (Phi) is 4.68. The number of furan rings is 1. The molecule has 0 saturated heterocycles. The van der Waals surface area contributed by atoms with Gasteiger partial charge in [0, 0.05) is 18.5 Å². The van der Waals surface area contributed by atoms with Crippen LogP contribution in [0.1, 0.15) is 18.6 Å². The first-order valence-electron chi connectivity index (χ1n) is 6.30. The minimum Gasteiger partial charge on any atom is -0.459 e. The number of para-hydroxylation sites is 1. The number of hydrogen-bond acceptors (Lipinski definition) is 2. The highest BCUT2D eigenvalue weighted by atomic mass is 127. The molecule has 1 heterocycles. The van der Waals surface area contributed by atoms with E-state index >= 15 is 0 Å². The minimum absolute atomic E-state index is 0. The Morgan fingerprint density at radius 1 is 1.37 bits per heavy atom. The first kappa shape index (κ1) is 14.2. The monoisotopic (exact) mass is 371 g/mol. The molecular weight excluding hydrogens is 353 g/mol. The van der Waals surface area contributed by atoms with Crippen molar-refractivity contribution in [2.45, 2.75) is 25.4 Å². The van der Waals surface area contributed by atoms with Gasteiger partial charge >= 0.3 is 0 Å². The van der Waals surface area contributed by atoms with E-state index in [1.807, 2.05) is 18.2 Å². The van der Waals surface area contributed by atoms with Crippen LogP contribution >= 0.6 is 24.0 Å². The zero-order chi connectivity index (χ0) is 12.4. The molecule has 5 heteroatoms. The molecule has 1 aliphatic rings. The van der Waals surface area contributed by atoms with E-state index in [1.54, 1.807) is 7.05 Å². The number of hydrogen-bond donors (Lipinski definition) is 2. The van der Waals surface area contributed by atoms with Gasteiger partial charge in [-0.25, -0.2) is 0 Å². The van der Waals surface area contributed by atoms with Crippen LogP contribution in [-0.4, -0.2) is 19.0 Å². The minimum atomic E-state index is 0. The maximum atomic E-state index is 5.74. The number of nitrogens with zero attached hydrogens (tertiary/aromatic N) is 1. The van der Waals surface area contributed by atoms with Crippen LogP contribution in [0, 0.1) is 0 Å². The molecule has 4 nitrogen and oxygen atoms in total. The molecule has 0 unspecified atom stereocenters. The van der Waals surface area contributed by atoms with Crippen molar-refractivity contribution in [3.05, 3.63) is 36.1 Å². The third-order valence-corrected chi connectivity index (χ3v) is 3.05. The predicted octanol–water partition coefficient (Wildman–Crippen LogP) is 2.88. The summed E-state index contributed by atoms with van der Waals surface area (Å²) in [6, 6.07) is 10.7. The van der Waals surface area contributed by atoms with Crippen molar-refractivity contribution in [1.82, 2.24) is 10.6 Å². The summed E-state index contributed by atoms with van der Waals surface area (Å²) in [5, 5.41) is 7.74. The number of guanidine groups is 1. The summed E-state index contributed by atoms with van der Waals surface area (Å²) in [5.41, 5.74) is 0.930. The van der Waals surface area contributed by atoms with Crippen molar-refractivity contribution < 1.29 is 4.42 Å². The smallest absolute Gasteiger partial charge is 0.191 e. The van der Waals surface area contributed by atoms with Crippen molar-refractivity contribution in [3.63, 3.8) is 0 Å². The van der Waals surface area contributed by atoms with E-state index in [9.17, 15) is 0 Å². The molecule has 0 spiro atoms. The fraction of sp³-hybridized carbons (Fsp3) is 0.357. The van der Waals surface area contributed by atoms with Crippen molar-refractivity contribution in [2.75, 3.05) is 7.05 Å². The Labute approximate surface area is 129 Å². The Hall–Kier alpha value is -1.24. The fourth-order valence-electron chi connectivity index (χ4n) is 1.91. The lowest BCUT2D eigenvalue weighted by atomic mass is 10.2. The van der Waals surface area contributed by atoms with Gasteiger partial charge in [-0.1, -0.05) is 18.2 Å². The first-order valence-corrected chi connectivity index (χ1v) is 6.30. The van der Waals surface area contributed by atoms with E-state index in [-0.39, 0.29) is 24.0 Å². The molecule has 0 aliphatic heterocycles. The summed E-state index contributed by atoms with van der Waals surface area (Å²) < 4.78 is 5.74. The SMILES string of the molecule is CN=C(NCc1cc2ccccc2o1)NC1CC1.I. The van der Waals surface area contributed by atoms with Crippen LogP contribution in [0.25, 0.3) is 11.0 Å². The molecule has 19 heavy (non-hydrogen) atoms. The quantitative estimate of drug-likeness (QED) is 0.496. The van der Waals surface area contributed by atoms with Gasteiger partial charge < -0.3 is 15.1 Å². The molecule has 0 bridgehead atoms. The highest BCUT2D eigenvalue weighted by Crippen LogP contribution is 2.19. The molecule has 3 rings (SSSR count). The normalized spacial score (nSPS) is 15.1. The van der Waals surface area contributed by atoms with Gasteiger partial charge in [0.05, 0.1) is 6.54 Å². The molecular formula is C14H18IN3O. The second-order valence-corrected chi connectivity index (χ2v) is 4.59. The first-order chi connectivity index (χ1) is 8.85. The van der Waals surface area contributed by atoms with Crippen LogP contribution in [0.5, 0.6) is 0 Å². The molecule has 1 saturated carbocycles. The Morgan fingerprint density at radius 2 is 2.16 bits per heavy atom. The van der Waals surface area contributed by atoms with Gasteiger partial charge in [0.15, 0.2) is 5.96 Å². The van der Waals surface area contributed by atoms with Crippen LogP contribution in [0.4, 0.5) is 0 Å². The second kappa shape index (κ2) is 6.27. The lowest BCUT2D eigenvalue weighted by Gasteiger charge is -2.09. The molecule has 0 amide bonds. The highest BCUT2D eigenvalue weighted by Gasteiger charge is 2.22. The summed E-state index contributed by atoms with van der Waals surface area (Å²) in [7, 11) is 1.79. The Morgan fingerprint density at radius 3 is 2.84 bits per heavy atom. The van der Waals surface area contributed by atoms with Crippen molar-refractivity contribution in [1.29, 1.82) is 0 Å². The number of nitrogens with one attached hydrogen (secondary N) is 2. The van der Waals surface area contributed by atoms with E-state index < -0.39 is 0 Å². The zero-order valence-electron chi connectivity index (χ0n) is 10.8. The molecule has 0 radical (unpaired) electrons. The van der Waals surface area contributed by atoms with Crippen LogP contribution < -0.4 is 10.6 Å².